The van der Waals surface area contributed by atoms with Gasteiger partial charge < -0.3 is 0 Å². The first-order valence-electron chi connectivity index (χ1n) is 4.70. The number of aryl methyl sites for hydroxylation is 2. The van der Waals surface area contributed by atoms with Gasteiger partial charge in [-0.05, 0) is 25.3 Å². The number of hydrogen-bond acceptors (Lipinski definition) is 2. The maximum absolute atomic E-state index is 11.1. The molecule has 1 aromatic rings. The van der Waals surface area contributed by atoms with Crippen LogP contribution in [0.2, 0.25) is 0 Å². The minimum absolute atomic E-state index is 0.0861. The molecule has 1 unspecified atom stereocenters. The number of hydrogen-bond donors (Lipinski definition) is 0. The van der Waals surface area contributed by atoms with Crippen molar-refractivity contribution in [1.29, 1.82) is 0 Å². The Kier molecular flexibility index (Phi) is 3.86. The van der Waals surface area contributed by atoms with Crippen molar-refractivity contribution in [3.05, 3.63) is 17.5 Å². The number of carbonyl (C=O) groups is 1. The van der Waals surface area contributed by atoms with Gasteiger partial charge in [0.2, 0.25) is 0 Å². The first kappa shape index (κ1) is 11.4. The molecule has 0 aliphatic heterocycles. The van der Waals surface area contributed by atoms with E-state index in [0.717, 1.165) is 24.1 Å². The molecule has 0 N–H and O–H groups in total. The van der Waals surface area contributed by atoms with Gasteiger partial charge in [0.1, 0.15) is 5.78 Å². The first-order valence-corrected chi connectivity index (χ1v) is 5.62. The number of Topliss-reactive ketones (excluding diaryl/α,β-unsaturated/α-hetero) is 1. The van der Waals surface area contributed by atoms with Crippen molar-refractivity contribution >= 4 is 21.7 Å². The largest absolute Gasteiger partial charge is 0.299 e. The van der Waals surface area contributed by atoms with Gasteiger partial charge in [-0.1, -0.05) is 22.9 Å². The number of halogens is 1. The molecule has 1 heterocycles. The summed E-state index contributed by atoms with van der Waals surface area (Å²) in [4.78, 5) is 11.0. The lowest BCUT2D eigenvalue weighted by atomic mass is 10.1. The molecule has 1 aromatic heterocycles. The Balaban J connectivity index is 2.79. The van der Waals surface area contributed by atoms with Crippen molar-refractivity contribution in [3.8, 4) is 0 Å². The average molecular weight is 259 g/mol. The van der Waals surface area contributed by atoms with Crippen LogP contribution >= 0.6 is 15.9 Å². The molecule has 3 nitrogen and oxygen atoms in total. The van der Waals surface area contributed by atoms with E-state index in [4.69, 9.17) is 0 Å². The number of alkyl halides is 1. The van der Waals surface area contributed by atoms with E-state index in [-0.39, 0.29) is 10.6 Å². The zero-order valence-electron chi connectivity index (χ0n) is 8.75. The molecule has 4 heteroatoms. The van der Waals surface area contributed by atoms with Crippen LogP contribution in [0.25, 0.3) is 0 Å². The van der Waals surface area contributed by atoms with Gasteiger partial charge in [0.05, 0.1) is 10.5 Å². The van der Waals surface area contributed by atoms with Crippen molar-refractivity contribution < 1.29 is 4.79 Å². The number of aromatic nitrogens is 2. The predicted octanol–water partition coefficient (Wildman–Crippen LogP) is 1.88. The lowest BCUT2D eigenvalue weighted by Gasteiger charge is -2.04. The van der Waals surface area contributed by atoms with Crippen LogP contribution in [-0.2, 0) is 24.7 Å². The van der Waals surface area contributed by atoms with Crippen molar-refractivity contribution in [1.82, 2.24) is 9.78 Å². The first-order chi connectivity index (χ1) is 6.54. The van der Waals surface area contributed by atoms with Gasteiger partial charge in [-0.2, -0.15) is 5.10 Å². The molecule has 1 atom stereocenters. The minimum Gasteiger partial charge on any atom is -0.299 e. The predicted molar refractivity (Wildman–Crippen MR) is 59.7 cm³/mol. The number of carbonyl (C=O) groups excluding carboxylic acids is 1. The molecule has 0 aromatic carbocycles. The third-order valence-electron chi connectivity index (χ3n) is 2.17. The Morgan fingerprint density at radius 2 is 2.36 bits per heavy atom. The van der Waals surface area contributed by atoms with E-state index in [2.05, 4.69) is 28.0 Å². The summed E-state index contributed by atoms with van der Waals surface area (Å²) in [5.41, 5.74) is 2.24. The Morgan fingerprint density at radius 1 is 1.71 bits per heavy atom. The van der Waals surface area contributed by atoms with Crippen molar-refractivity contribution in [2.75, 3.05) is 0 Å². The monoisotopic (exact) mass is 258 g/mol. The van der Waals surface area contributed by atoms with Crippen LogP contribution in [-0.4, -0.2) is 20.4 Å². The molecule has 0 aliphatic rings. The van der Waals surface area contributed by atoms with Crippen molar-refractivity contribution in [2.45, 2.75) is 31.5 Å². The third-order valence-corrected chi connectivity index (χ3v) is 3.14. The summed E-state index contributed by atoms with van der Waals surface area (Å²) >= 11 is 3.36. The SMILES string of the molecule is CCc1nn(C)cc1CC(Br)C(C)=O. The van der Waals surface area contributed by atoms with Gasteiger partial charge in [-0.25, -0.2) is 0 Å². The number of nitrogens with zero attached hydrogens (tertiary/aromatic N) is 2. The van der Waals surface area contributed by atoms with Gasteiger partial charge in [0.25, 0.3) is 0 Å². The van der Waals surface area contributed by atoms with Crippen LogP contribution < -0.4 is 0 Å². The molecule has 0 radical (unpaired) electrons. The molecular weight excluding hydrogens is 244 g/mol. The quantitative estimate of drug-likeness (QED) is 0.774. The van der Waals surface area contributed by atoms with Gasteiger partial charge in [0, 0.05) is 13.2 Å². The van der Waals surface area contributed by atoms with E-state index in [1.807, 2.05) is 13.2 Å². The van der Waals surface area contributed by atoms with E-state index in [1.165, 1.54) is 0 Å². The molecule has 0 spiro atoms. The normalized spacial score (nSPS) is 12.9. The molecule has 0 fully saturated rings. The molecular formula is C10H15BrN2O. The fraction of sp³-hybridized carbons (Fsp3) is 0.600. The van der Waals surface area contributed by atoms with Crippen LogP contribution in [0.15, 0.2) is 6.20 Å². The Bertz CT molecular complexity index is 333. The molecule has 0 amide bonds. The summed E-state index contributed by atoms with van der Waals surface area (Å²) < 4.78 is 1.80. The number of rotatable bonds is 4. The highest BCUT2D eigenvalue weighted by atomic mass is 79.9. The second-order valence-corrected chi connectivity index (χ2v) is 4.52. The summed E-state index contributed by atoms with van der Waals surface area (Å²) in [5, 5.41) is 4.33. The second-order valence-electron chi connectivity index (χ2n) is 3.41. The zero-order valence-corrected chi connectivity index (χ0v) is 10.3. The van der Waals surface area contributed by atoms with Crippen LogP contribution in [0.4, 0.5) is 0 Å². The molecule has 14 heavy (non-hydrogen) atoms. The molecule has 0 bridgehead atoms. The van der Waals surface area contributed by atoms with E-state index in [9.17, 15) is 4.79 Å². The molecule has 0 saturated carbocycles. The average Bonchev–Trinajstić information content (AvgIpc) is 2.45. The summed E-state index contributed by atoms with van der Waals surface area (Å²) in [7, 11) is 1.90. The fourth-order valence-corrected chi connectivity index (χ4v) is 1.74. The van der Waals surface area contributed by atoms with E-state index < -0.39 is 0 Å². The summed E-state index contributed by atoms with van der Waals surface area (Å²) in [6.45, 7) is 3.67. The lowest BCUT2D eigenvalue weighted by molar-refractivity contribution is -0.116. The highest BCUT2D eigenvalue weighted by Crippen LogP contribution is 2.14. The Hall–Kier alpha value is -0.640. The number of ketones is 1. The maximum atomic E-state index is 11.1. The summed E-state index contributed by atoms with van der Waals surface area (Å²) in [6.07, 6.45) is 3.62. The molecule has 1 rings (SSSR count). The van der Waals surface area contributed by atoms with Gasteiger partial charge in [-0.3, -0.25) is 9.48 Å². The second kappa shape index (κ2) is 4.73. The molecule has 0 aliphatic carbocycles. The third kappa shape index (κ3) is 2.67. The van der Waals surface area contributed by atoms with Crippen LogP contribution in [0.3, 0.4) is 0 Å². The highest BCUT2D eigenvalue weighted by Gasteiger charge is 2.14. The maximum Gasteiger partial charge on any atom is 0.143 e. The van der Waals surface area contributed by atoms with Crippen LogP contribution in [0, 0.1) is 0 Å². The van der Waals surface area contributed by atoms with Crippen molar-refractivity contribution in [3.63, 3.8) is 0 Å². The Morgan fingerprint density at radius 3 is 2.86 bits per heavy atom. The van der Waals surface area contributed by atoms with Gasteiger partial charge >= 0.3 is 0 Å². The molecule has 78 valence electrons. The molecule has 0 saturated heterocycles. The fourth-order valence-electron chi connectivity index (χ4n) is 1.39. The topological polar surface area (TPSA) is 34.9 Å². The van der Waals surface area contributed by atoms with Crippen LogP contribution in [0.1, 0.15) is 25.1 Å². The van der Waals surface area contributed by atoms with E-state index >= 15 is 0 Å². The zero-order chi connectivity index (χ0) is 10.7. The van der Waals surface area contributed by atoms with E-state index in [0.29, 0.717) is 0 Å². The smallest absolute Gasteiger partial charge is 0.143 e. The van der Waals surface area contributed by atoms with Crippen molar-refractivity contribution in [2.24, 2.45) is 7.05 Å². The van der Waals surface area contributed by atoms with E-state index in [1.54, 1.807) is 11.6 Å². The Labute approximate surface area is 92.6 Å². The van der Waals surface area contributed by atoms with Gasteiger partial charge in [0.15, 0.2) is 0 Å². The lowest BCUT2D eigenvalue weighted by Crippen LogP contribution is -2.13. The summed E-state index contributed by atoms with van der Waals surface area (Å²) in [5.74, 6) is 0.163. The van der Waals surface area contributed by atoms with Gasteiger partial charge in [-0.15, -0.1) is 0 Å². The minimum atomic E-state index is -0.0861. The summed E-state index contributed by atoms with van der Waals surface area (Å²) in [6, 6.07) is 0. The standard InChI is InChI=1S/C10H15BrN2O/c1-4-10-8(6-13(3)12-10)5-9(11)7(2)14/h6,9H,4-5H2,1-3H3. The highest BCUT2D eigenvalue weighted by molar-refractivity contribution is 9.10. The van der Waals surface area contributed by atoms with Crippen LogP contribution in [0.5, 0.6) is 0 Å².